The van der Waals surface area contributed by atoms with Crippen molar-refractivity contribution >= 4 is 23.3 Å². The van der Waals surface area contributed by atoms with Crippen LogP contribution in [0.2, 0.25) is 0 Å². The highest BCUT2D eigenvalue weighted by molar-refractivity contribution is 6.39. The van der Waals surface area contributed by atoms with E-state index in [9.17, 15) is 9.59 Å². The molecular formula is C11H10N2O3. The normalized spacial score (nSPS) is 10.0. The molecule has 16 heavy (non-hydrogen) atoms. The number of anilines is 1. The van der Waals surface area contributed by atoms with E-state index >= 15 is 0 Å². The van der Waals surface area contributed by atoms with Gasteiger partial charge in [-0.3, -0.25) is 10.2 Å². The molecule has 0 aliphatic carbocycles. The summed E-state index contributed by atoms with van der Waals surface area (Å²) in [5, 5.41) is 17.8. The Bertz CT molecular complexity index is 438. The number of amides is 1. The van der Waals surface area contributed by atoms with E-state index in [0.29, 0.717) is 5.69 Å². The minimum absolute atomic E-state index is 0.475. The van der Waals surface area contributed by atoms with Crippen molar-refractivity contribution < 1.29 is 14.7 Å². The third-order valence-electron chi connectivity index (χ3n) is 1.67. The summed E-state index contributed by atoms with van der Waals surface area (Å²) in [7, 11) is 0. The van der Waals surface area contributed by atoms with Crippen LogP contribution in [0, 0.1) is 5.41 Å². The number of carboxylic acid groups (broad SMARTS) is 1. The van der Waals surface area contributed by atoms with E-state index in [1.807, 2.05) is 6.07 Å². The summed E-state index contributed by atoms with van der Waals surface area (Å²) in [5.74, 6) is -1.85. The molecule has 0 bridgehead atoms. The van der Waals surface area contributed by atoms with Gasteiger partial charge in [0.1, 0.15) is 5.71 Å². The van der Waals surface area contributed by atoms with Gasteiger partial charge in [0.2, 0.25) is 5.91 Å². The number of benzene rings is 1. The highest BCUT2D eigenvalue weighted by Crippen LogP contribution is 2.04. The number of hydrogen-bond donors (Lipinski definition) is 3. The van der Waals surface area contributed by atoms with Crippen molar-refractivity contribution in [3.05, 3.63) is 42.5 Å². The Hall–Kier alpha value is -2.43. The fraction of sp³-hybridized carbons (Fsp3) is 0. The molecule has 0 saturated carbocycles. The molecule has 1 amide bonds. The molecule has 5 nitrogen and oxygen atoms in total. The Kier molecular flexibility index (Phi) is 3.97. The Morgan fingerprint density at radius 2 is 1.81 bits per heavy atom. The lowest BCUT2D eigenvalue weighted by atomic mass is 10.3. The van der Waals surface area contributed by atoms with Crippen LogP contribution in [-0.2, 0) is 9.59 Å². The average Bonchev–Trinajstić information content (AvgIpc) is 2.27. The van der Waals surface area contributed by atoms with E-state index < -0.39 is 17.6 Å². The zero-order chi connectivity index (χ0) is 12.0. The lowest BCUT2D eigenvalue weighted by Crippen LogP contribution is -2.11. The van der Waals surface area contributed by atoms with Crippen molar-refractivity contribution in [2.45, 2.75) is 0 Å². The lowest BCUT2D eigenvalue weighted by molar-refractivity contribution is -0.129. The molecule has 3 N–H and O–H groups in total. The zero-order valence-corrected chi connectivity index (χ0v) is 8.31. The molecule has 0 spiro atoms. The summed E-state index contributed by atoms with van der Waals surface area (Å²) in [6, 6.07) is 8.74. The number of nitrogens with one attached hydrogen (secondary N) is 2. The number of carbonyl (C=O) groups is 2. The minimum atomic E-state index is -1.37. The maximum atomic E-state index is 11.3. The Morgan fingerprint density at radius 1 is 1.19 bits per heavy atom. The molecule has 0 radical (unpaired) electrons. The SMILES string of the molecule is N=C(/C=C\C(=O)Nc1ccccc1)C(=O)O. The van der Waals surface area contributed by atoms with Crippen LogP contribution in [0.15, 0.2) is 42.5 Å². The van der Waals surface area contributed by atoms with Crippen molar-refractivity contribution in [1.29, 1.82) is 5.41 Å². The number of rotatable bonds is 4. The zero-order valence-electron chi connectivity index (χ0n) is 8.31. The second-order valence-electron chi connectivity index (χ2n) is 2.91. The van der Waals surface area contributed by atoms with E-state index in [-0.39, 0.29) is 0 Å². The highest BCUT2D eigenvalue weighted by atomic mass is 16.4. The molecule has 0 unspecified atom stereocenters. The molecule has 0 aliphatic rings. The van der Waals surface area contributed by atoms with E-state index in [1.54, 1.807) is 24.3 Å². The molecule has 0 aliphatic heterocycles. The molecule has 5 heteroatoms. The van der Waals surface area contributed by atoms with Crippen molar-refractivity contribution in [3.63, 3.8) is 0 Å². The minimum Gasteiger partial charge on any atom is -0.477 e. The monoisotopic (exact) mass is 218 g/mol. The number of carbonyl (C=O) groups excluding carboxylic acids is 1. The second kappa shape index (κ2) is 5.45. The molecule has 0 fully saturated rings. The molecule has 1 aromatic carbocycles. The van der Waals surface area contributed by atoms with E-state index in [0.717, 1.165) is 12.2 Å². The largest absolute Gasteiger partial charge is 0.477 e. The summed E-state index contributed by atoms with van der Waals surface area (Å²) in [4.78, 5) is 21.5. The number of hydrogen-bond acceptors (Lipinski definition) is 3. The van der Waals surface area contributed by atoms with Crippen LogP contribution < -0.4 is 5.32 Å². The van der Waals surface area contributed by atoms with Crippen molar-refractivity contribution in [2.24, 2.45) is 0 Å². The molecule has 0 heterocycles. The quantitative estimate of drug-likeness (QED) is 0.525. The Morgan fingerprint density at radius 3 is 2.38 bits per heavy atom. The standard InChI is InChI=1S/C11H10N2O3/c12-9(11(15)16)6-7-10(14)13-8-4-2-1-3-5-8/h1-7,12H,(H,13,14)(H,15,16)/b7-6-,12-9?. The summed E-state index contributed by atoms with van der Waals surface area (Å²) in [6.45, 7) is 0. The Balaban J connectivity index is 2.55. The first-order valence-corrected chi connectivity index (χ1v) is 4.45. The molecule has 0 saturated heterocycles. The van der Waals surface area contributed by atoms with Crippen molar-refractivity contribution in [2.75, 3.05) is 5.32 Å². The molecule has 1 rings (SSSR count). The van der Waals surface area contributed by atoms with Gasteiger partial charge in [-0.05, 0) is 18.2 Å². The smallest absolute Gasteiger partial charge is 0.353 e. The van der Waals surface area contributed by atoms with Crippen LogP contribution in [0.5, 0.6) is 0 Å². The van der Waals surface area contributed by atoms with Gasteiger partial charge in [0, 0.05) is 11.8 Å². The predicted octanol–water partition coefficient (Wildman–Crippen LogP) is 1.29. The lowest BCUT2D eigenvalue weighted by Gasteiger charge is -2.00. The van der Waals surface area contributed by atoms with Crippen LogP contribution >= 0.6 is 0 Å². The molecule has 0 aromatic heterocycles. The number of para-hydroxylation sites is 1. The van der Waals surface area contributed by atoms with E-state index in [1.165, 1.54) is 0 Å². The van der Waals surface area contributed by atoms with Gasteiger partial charge in [-0.1, -0.05) is 18.2 Å². The van der Waals surface area contributed by atoms with Gasteiger partial charge in [-0.25, -0.2) is 4.79 Å². The fourth-order valence-electron chi connectivity index (χ4n) is 0.936. The summed E-state index contributed by atoms with van der Waals surface area (Å²) in [5.41, 5.74) is -0.0257. The average molecular weight is 218 g/mol. The fourth-order valence-corrected chi connectivity index (χ4v) is 0.936. The topological polar surface area (TPSA) is 90.3 Å². The first-order valence-electron chi connectivity index (χ1n) is 4.45. The highest BCUT2D eigenvalue weighted by Gasteiger charge is 2.02. The third kappa shape index (κ3) is 3.75. The maximum Gasteiger partial charge on any atom is 0.353 e. The van der Waals surface area contributed by atoms with Crippen LogP contribution in [0.1, 0.15) is 0 Å². The number of aliphatic carboxylic acids is 1. The molecule has 1 aromatic rings. The van der Waals surface area contributed by atoms with Crippen molar-refractivity contribution in [3.8, 4) is 0 Å². The Labute approximate surface area is 91.9 Å². The first kappa shape index (κ1) is 11.6. The van der Waals surface area contributed by atoms with Gasteiger partial charge in [-0.2, -0.15) is 0 Å². The van der Waals surface area contributed by atoms with Crippen LogP contribution in [0.4, 0.5) is 5.69 Å². The number of carboxylic acids is 1. The van der Waals surface area contributed by atoms with Gasteiger partial charge in [0.15, 0.2) is 0 Å². The van der Waals surface area contributed by atoms with Gasteiger partial charge < -0.3 is 10.4 Å². The van der Waals surface area contributed by atoms with Crippen LogP contribution in [-0.4, -0.2) is 22.7 Å². The summed E-state index contributed by atoms with van der Waals surface area (Å²) < 4.78 is 0. The van der Waals surface area contributed by atoms with Gasteiger partial charge >= 0.3 is 5.97 Å². The second-order valence-corrected chi connectivity index (χ2v) is 2.91. The van der Waals surface area contributed by atoms with Crippen LogP contribution in [0.3, 0.4) is 0 Å². The molecule has 82 valence electrons. The first-order chi connectivity index (χ1) is 7.59. The maximum absolute atomic E-state index is 11.3. The van der Waals surface area contributed by atoms with Crippen LogP contribution in [0.25, 0.3) is 0 Å². The van der Waals surface area contributed by atoms with Crippen molar-refractivity contribution in [1.82, 2.24) is 0 Å². The van der Waals surface area contributed by atoms with Gasteiger partial charge in [0.25, 0.3) is 0 Å². The summed E-state index contributed by atoms with van der Waals surface area (Å²) in [6.07, 6.45) is 1.93. The van der Waals surface area contributed by atoms with E-state index in [2.05, 4.69) is 5.32 Å². The molecular weight excluding hydrogens is 208 g/mol. The molecule has 0 atom stereocenters. The van der Waals surface area contributed by atoms with Gasteiger partial charge in [0.05, 0.1) is 0 Å². The predicted molar refractivity (Wildman–Crippen MR) is 59.6 cm³/mol. The van der Waals surface area contributed by atoms with E-state index in [4.69, 9.17) is 10.5 Å². The van der Waals surface area contributed by atoms with Gasteiger partial charge in [-0.15, -0.1) is 0 Å². The summed E-state index contributed by atoms with van der Waals surface area (Å²) >= 11 is 0. The third-order valence-corrected chi connectivity index (χ3v) is 1.67.